The Kier molecular flexibility index (Phi) is 4.36. The van der Waals surface area contributed by atoms with Gasteiger partial charge in [0.1, 0.15) is 5.82 Å². The lowest BCUT2D eigenvalue weighted by molar-refractivity contribution is -0.385. The Hall–Kier alpha value is -2.65. The smallest absolute Gasteiger partial charge is 0.274 e. The van der Waals surface area contributed by atoms with Gasteiger partial charge in [-0.2, -0.15) is 5.26 Å². The highest BCUT2D eigenvalue weighted by Gasteiger charge is 2.14. The van der Waals surface area contributed by atoms with Gasteiger partial charge in [0.15, 0.2) is 0 Å². The van der Waals surface area contributed by atoms with Crippen LogP contribution in [0.2, 0.25) is 5.02 Å². The van der Waals surface area contributed by atoms with E-state index in [1.807, 2.05) is 6.07 Å². The minimum atomic E-state index is -0.573. The molecule has 7 heteroatoms. The van der Waals surface area contributed by atoms with Crippen molar-refractivity contribution < 1.29 is 9.31 Å². The predicted octanol–water partition coefficient (Wildman–Crippen LogP) is 3.87. The molecule has 0 saturated heterocycles. The maximum atomic E-state index is 13.2. The molecule has 106 valence electrons. The number of nitro benzene ring substituents is 1. The number of nitriles is 1. The van der Waals surface area contributed by atoms with E-state index in [4.69, 9.17) is 16.9 Å². The third kappa shape index (κ3) is 3.46. The number of rotatable bonds is 4. The molecule has 0 radical (unpaired) electrons. The quantitative estimate of drug-likeness (QED) is 0.687. The Labute approximate surface area is 124 Å². The first kappa shape index (κ1) is 14.8. The molecule has 0 aliphatic carbocycles. The van der Waals surface area contributed by atoms with Crippen LogP contribution in [0.15, 0.2) is 36.4 Å². The van der Waals surface area contributed by atoms with Gasteiger partial charge in [0, 0.05) is 12.6 Å². The zero-order valence-corrected chi connectivity index (χ0v) is 11.4. The molecule has 2 rings (SSSR count). The summed E-state index contributed by atoms with van der Waals surface area (Å²) < 4.78 is 13.2. The average molecular weight is 306 g/mol. The third-order valence-corrected chi connectivity index (χ3v) is 3.12. The summed E-state index contributed by atoms with van der Waals surface area (Å²) in [5.41, 5.74) is 0.950. The topological polar surface area (TPSA) is 79.0 Å². The van der Waals surface area contributed by atoms with Gasteiger partial charge in [0.2, 0.25) is 0 Å². The molecule has 1 N–H and O–H groups in total. The molecule has 0 amide bonds. The van der Waals surface area contributed by atoms with Gasteiger partial charge < -0.3 is 5.32 Å². The van der Waals surface area contributed by atoms with Crippen molar-refractivity contribution in [3.05, 3.63) is 68.5 Å². The Morgan fingerprint density at radius 2 is 2.10 bits per heavy atom. The van der Waals surface area contributed by atoms with Gasteiger partial charge in [-0.05, 0) is 30.3 Å². The van der Waals surface area contributed by atoms with Gasteiger partial charge in [0.05, 0.1) is 32.8 Å². The van der Waals surface area contributed by atoms with Gasteiger partial charge in [-0.3, -0.25) is 10.1 Å². The van der Waals surface area contributed by atoms with E-state index in [1.165, 1.54) is 6.07 Å². The molecule has 0 atom stereocenters. The second kappa shape index (κ2) is 6.20. The summed E-state index contributed by atoms with van der Waals surface area (Å²) in [4.78, 5) is 10.3. The lowest BCUT2D eigenvalue weighted by Gasteiger charge is -2.09. The zero-order valence-electron chi connectivity index (χ0n) is 10.6. The summed E-state index contributed by atoms with van der Waals surface area (Å²) in [6.07, 6.45) is 0. The van der Waals surface area contributed by atoms with Crippen molar-refractivity contribution in [1.29, 1.82) is 5.26 Å². The van der Waals surface area contributed by atoms with E-state index in [0.29, 0.717) is 16.3 Å². The number of nitrogens with zero attached hydrogens (tertiary/aromatic N) is 2. The Balaban J connectivity index is 2.22. The first-order chi connectivity index (χ1) is 10.0. The van der Waals surface area contributed by atoms with Crippen LogP contribution in [-0.4, -0.2) is 4.92 Å². The average Bonchev–Trinajstić information content (AvgIpc) is 2.45. The molecule has 0 aliphatic rings. The van der Waals surface area contributed by atoms with Crippen molar-refractivity contribution in [3.63, 3.8) is 0 Å². The van der Waals surface area contributed by atoms with E-state index >= 15 is 0 Å². The van der Waals surface area contributed by atoms with Crippen LogP contribution in [0.3, 0.4) is 0 Å². The normalized spacial score (nSPS) is 9.95. The first-order valence-electron chi connectivity index (χ1n) is 5.87. The zero-order chi connectivity index (χ0) is 15.4. The second-order valence-electron chi connectivity index (χ2n) is 4.19. The highest BCUT2D eigenvalue weighted by Crippen LogP contribution is 2.25. The van der Waals surface area contributed by atoms with Crippen molar-refractivity contribution in [2.24, 2.45) is 0 Å². The molecule has 2 aromatic carbocycles. The third-order valence-electron chi connectivity index (χ3n) is 2.81. The fraction of sp³-hybridized carbons (Fsp3) is 0.0714. The Morgan fingerprint density at radius 1 is 1.33 bits per heavy atom. The van der Waals surface area contributed by atoms with Gasteiger partial charge in [0.25, 0.3) is 5.69 Å². The summed E-state index contributed by atoms with van der Waals surface area (Å²) in [6, 6.07) is 9.83. The summed E-state index contributed by atoms with van der Waals surface area (Å²) in [6.45, 7) is 0.0414. The number of nitrogens with one attached hydrogen (secondary N) is 1. The maximum Gasteiger partial charge on any atom is 0.274 e. The standard InChI is InChI=1S/C14H9ClFN3O2/c15-12-5-9(7-17)1-3-13(12)18-8-10-6-11(16)2-4-14(10)19(20)21/h1-6,18H,8H2. The number of benzene rings is 2. The van der Waals surface area contributed by atoms with Gasteiger partial charge in [-0.25, -0.2) is 4.39 Å². The summed E-state index contributed by atoms with van der Waals surface area (Å²) in [5, 5.41) is 22.8. The van der Waals surface area contributed by atoms with Crippen LogP contribution in [0.4, 0.5) is 15.8 Å². The molecule has 2 aromatic rings. The Morgan fingerprint density at radius 3 is 2.71 bits per heavy atom. The first-order valence-corrected chi connectivity index (χ1v) is 6.25. The van der Waals surface area contributed by atoms with Gasteiger partial charge >= 0.3 is 0 Å². The lowest BCUT2D eigenvalue weighted by Crippen LogP contribution is -2.04. The van der Waals surface area contributed by atoms with Crippen molar-refractivity contribution in [1.82, 2.24) is 0 Å². The van der Waals surface area contributed by atoms with Crippen LogP contribution >= 0.6 is 11.6 Å². The summed E-state index contributed by atoms with van der Waals surface area (Å²) >= 11 is 5.99. The molecule has 0 aliphatic heterocycles. The van der Waals surface area contributed by atoms with Crippen molar-refractivity contribution in [3.8, 4) is 6.07 Å². The summed E-state index contributed by atoms with van der Waals surface area (Å²) in [7, 11) is 0. The molecule has 0 saturated carbocycles. The van der Waals surface area contributed by atoms with Gasteiger partial charge in [-0.1, -0.05) is 11.6 Å². The fourth-order valence-corrected chi connectivity index (χ4v) is 2.04. The van der Waals surface area contributed by atoms with E-state index in [-0.39, 0.29) is 17.8 Å². The SMILES string of the molecule is N#Cc1ccc(NCc2cc(F)ccc2[N+](=O)[O-])c(Cl)c1. The molecule has 21 heavy (non-hydrogen) atoms. The highest BCUT2D eigenvalue weighted by atomic mass is 35.5. The molecular formula is C14H9ClFN3O2. The van der Waals surface area contributed by atoms with Crippen molar-refractivity contribution >= 4 is 23.0 Å². The Bertz CT molecular complexity index is 743. The van der Waals surface area contributed by atoms with Crippen molar-refractivity contribution in [2.45, 2.75) is 6.54 Å². The largest absolute Gasteiger partial charge is 0.379 e. The van der Waals surface area contributed by atoms with Crippen LogP contribution in [0, 0.1) is 27.3 Å². The van der Waals surface area contributed by atoms with E-state index < -0.39 is 10.7 Å². The molecule has 5 nitrogen and oxygen atoms in total. The predicted molar refractivity (Wildman–Crippen MR) is 76.5 cm³/mol. The molecule has 0 heterocycles. The van der Waals surface area contributed by atoms with Crippen LogP contribution in [0.5, 0.6) is 0 Å². The van der Waals surface area contributed by atoms with E-state index in [9.17, 15) is 14.5 Å². The highest BCUT2D eigenvalue weighted by molar-refractivity contribution is 6.33. The molecule has 0 bridgehead atoms. The fourth-order valence-electron chi connectivity index (χ4n) is 1.79. The molecule has 0 spiro atoms. The molecule has 0 aromatic heterocycles. The van der Waals surface area contributed by atoms with Crippen LogP contribution in [-0.2, 0) is 6.54 Å². The van der Waals surface area contributed by atoms with Crippen LogP contribution in [0.1, 0.15) is 11.1 Å². The van der Waals surface area contributed by atoms with E-state index in [2.05, 4.69) is 5.32 Å². The number of halogens is 2. The molecule has 0 fully saturated rings. The number of hydrogen-bond donors (Lipinski definition) is 1. The van der Waals surface area contributed by atoms with Gasteiger partial charge in [-0.15, -0.1) is 0 Å². The van der Waals surface area contributed by atoms with E-state index in [1.54, 1.807) is 12.1 Å². The van der Waals surface area contributed by atoms with Crippen LogP contribution in [0.25, 0.3) is 0 Å². The number of anilines is 1. The lowest BCUT2D eigenvalue weighted by atomic mass is 10.1. The minimum Gasteiger partial charge on any atom is -0.379 e. The minimum absolute atomic E-state index is 0.0414. The summed E-state index contributed by atoms with van der Waals surface area (Å²) in [5.74, 6) is -0.552. The van der Waals surface area contributed by atoms with Crippen LogP contribution < -0.4 is 5.32 Å². The maximum absolute atomic E-state index is 13.2. The van der Waals surface area contributed by atoms with E-state index in [0.717, 1.165) is 18.2 Å². The monoisotopic (exact) mass is 305 g/mol. The number of hydrogen-bond acceptors (Lipinski definition) is 4. The second-order valence-corrected chi connectivity index (χ2v) is 4.60. The molecular weight excluding hydrogens is 297 g/mol. The molecule has 0 unspecified atom stereocenters. The number of nitro groups is 1. The van der Waals surface area contributed by atoms with Crippen molar-refractivity contribution in [2.75, 3.05) is 5.32 Å².